The van der Waals surface area contributed by atoms with Crippen molar-refractivity contribution >= 4 is 27.4 Å². The Kier molecular flexibility index (Phi) is 5.95. The summed E-state index contributed by atoms with van der Waals surface area (Å²) in [5.74, 6) is -3.57. The van der Waals surface area contributed by atoms with Gasteiger partial charge >= 0.3 is 21.6 Å². The van der Waals surface area contributed by atoms with E-state index in [1.165, 1.54) is 13.0 Å². The third-order valence-electron chi connectivity index (χ3n) is 3.14. The van der Waals surface area contributed by atoms with Gasteiger partial charge in [0, 0.05) is 5.56 Å². The van der Waals surface area contributed by atoms with E-state index < -0.39 is 38.7 Å². The van der Waals surface area contributed by atoms with E-state index in [-0.39, 0.29) is 27.7 Å². The van der Waals surface area contributed by atoms with Crippen LogP contribution in [0.2, 0.25) is 0 Å². The van der Waals surface area contributed by atoms with Crippen LogP contribution in [0.4, 0.5) is 17.6 Å². The molecule has 0 bridgehead atoms. The van der Waals surface area contributed by atoms with E-state index in [9.17, 15) is 30.8 Å². The molecule has 13 heteroatoms. The van der Waals surface area contributed by atoms with Crippen molar-refractivity contribution in [2.24, 2.45) is 0 Å². The van der Waals surface area contributed by atoms with Crippen LogP contribution in [0.5, 0.6) is 5.75 Å². The highest BCUT2D eigenvalue weighted by Crippen LogP contribution is 2.35. The van der Waals surface area contributed by atoms with Gasteiger partial charge in [-0.05, 0) is 26.0 Å². The van der Waals surface area contributed by atoms with Crippen LogP contribution in [0.15, 0.2) is 12.1 Å². The average Bonchev–Trinajstić information content (AvgIpc) is 2.97. The molecule has 0 fully saturated rings. The number of carbonyl (C=O) groups excluding carboxylic acids is 1. The molecule has 2 rings (SSSR count). The Bertz CT molecular complexity index is 1070. The van der Waals surface area contributed by atoms with E-state index in [1.807, 2.05) is 0 Å². The van der Waals surface area contributed by atoms with Gasteiger partial charge in [-0.2, -0.15) is 26.9 Å². The van der Waals surface area contributed by atoms with Crippen LogP contribution in [-0.2, 0) is 14.9 Å². The normalized spacial score (nSPS) is 11.8. The number of benzene rings is 1. The van der Waals surface area contributed by atoms with Gasteiger partial charge in [0.25, 0.3) is 0 Å². The lowest BCUT2D eigenvalue weighted by atomic mass is 10.1. The van der Waals surface area contributed by atoms with Crippen molar-refractivity contribution in [1.82, 2.24) is 4.98 Å². The molecule has 1 aromatic carbocycles. The predicted octanol–water partition coefficient (Wildman–Crippen LogP) is 3.53. The molecule has 0 amide bonds. The van der Waals surface area contributed by atoms with Gasteiger partial charge in [0.2, 0.25) is 0 Å². The molecular weight excluding hydrogens is 428 g/mol. The first-order chi connectivity index (χ1) is 12.9. The maximum absolute atomic E-state index is 14.3. The molecule has 2 aromatic rings. The van der Waals surface area contributed by atoms with E-state index in [1.54, 1.807) is 6.92 Å². The van der Waals surface area contributed by atoms with Gasteiger partial charge in [-0.15, -0.1) is 11.3 Å². The summed E-state index contributed by atoms with van der Waals surface area (Å²) in [5, 5.41) is 9.14. The van der Waals surface area contributed by atoms with E-state index in [2.05, 4.69) is 9.17 Å². The van der Waals surface area contributed by atoms with Crippen molar-refractivity contribution in [1.29, 1.82) is 5.26 Å². The largest absolute Gasteiger partial charge is 0.534 e. The number of alkyl halides is 3. The highest BCUT2D eigenvalue weighted by molar-refractivity contribution is 7.88. The number of hydrogen-bond donors (Lipinski definition) is 0. The number of rotatable bonds is 5. The Morgan fingerprint density at radius 1 is 1.36 bits per heavy atom. The van der Waals surface area contributed by atoms with Crippen molar-refractivity contribution in [3.05, 3.63) is 34.1 Å². The number of carbonyl (C=O) groups is 1. The molecule has 0 aliphatic rings. The molecule has 1 aromatic heterocycles. The molecular formula is C15H10F4N2O5S2. The molecule has 0 saturated carbocycles. The number of halogens is 4. The minimum Gasteiger partial charge on any atom is -0.462 e. The van der Waals surface area contributed by atoms with E-state index in [4.69, 9.17) is 10.00 Å². The zero-order valence-electron chi connectivity index (χ0n) is 14.1. The summed E-state index contributed by atoms with van der Waals surface area (Å²) in [6.45, 7) is 3.19. The number of esters is 1. The lowest BCUT2D eigenvalue weighted by Gasteiger charge is -2.11. The molecule has 0 saturated heterocycles. The summed E-state index contributed by atoms with van der Waals surface area (Å²) in [5.41, 5.74) is -6.40. The van der Waals surface area contributed by atoms with Crippen LogP contribution in [-0.4, -0.2) is 31.5 Å². The fourth-order valence-electron chi connectivity index (χ4n) is 1.95. The SMILES string of the molecule is CCOC(=O)c1sc(-c2cc(F)c(OS(=O)(=O)C(F)(F)F)c(C#N)c2)nc1C. The smallest absolute Gasteiger partial charge is 0.462 e. The van der Waals surface area contributed by atoms with Crippen LogP contribution in [0.25, 0.3) is 10.6 Å². The van der Waals surface area contributed by atoms with Crippen molar-refractivity contribution in [2.45, 2.75) is 19.4 Å². The monoisotopic (exact) mass is 438 g/mol. The maximum Gasteiger partial charge on any atom is 0.534 e. The minimum atomic E-state index is -6.17. The molecule has 150 valence electrons. The number of aromatic nitrogens is 1. The minimum absolute atomic E-state index is 0.0607. The molecule has 0 spiro atoms. The van der Waals surface area contributed by atoms with Gasteiger partial charge < -0.3 is 8.92 Å². The zero-order valence-corrected chi connectivity index (χ0v) is 15.8. The fraction of sp³-hybridized carbons (Fsp3) is 0.267. The Labute approximate surface area is 160 Å². The van der Waals surface area contributed by atoms with Crippen LogP contribution >= 0.6 is 11.3 Å². The Balaban J connectivity index is 2.52. The van der Waals surface area contributed by atoms with Gasteiger partial charge in [0.1, 0.15) is 16.0 Å². The van der Waals surface area contributed by atoms with Gasteiger partial charge in [0.05, 0.1) is 17.9 Å². The van der Waals surface area contributed by atoms with Crippen molar-refractivity contribution in [3.8, 4) is 22.4 Å². The summed E-state index contributed by atoms with van der Waals surface area (Å²) in [7, 11) is -6.17. The topological polar surface area (TPSA) is 106 Å². The first-order valence-corrected chi connectivity index (χ1v) is 9.53. The van der Waals surface area contributed by atoms with Crippen LogP contribution < -0.4 is 4.18 Å². The summed E-state index contributed by atoms with van der Waals surface area (Å²) in [4.78, 5) is 16.0. The van der Waals surface area contributed by atoms with Crippen molar-refractivity contribution < 1.29 is 39.7 Å². The summed E-state index contributed by atoms with van der Waals surface area (Å²) < 4.78 is 82.4. The number of thiazole rings is 1. The predicted molar refractivity (Wildman–Crippen MR) is 88.5 cm³/mol. The molecule has 28 heavy (non-hydrogen) atoms. The highest BCUT2D eigenvalue weighted by Gasteiger charge is 2.49. The Morgan fingerprint density at radius 2 is 2.00 bits per heavy atom. The fourth-order valence-corrected chi connectivity index (χ4v) is 3.38. The number of ether oxygens (including phenoxy) is 1. The molecule has 0 atom stereocenters. The lowest BCUT2D eigenvalue weighted by Crippen LogP contribution is -2.28. The summed E-state index contributed by atoms with van der Waals surface area (Å²) in [6.07, 6.45) is 0. The van der Waals surface area contributed by atoms with Crippen molar-refractivity contribution in [3.63, 3.8) is 0 Å². The van der Waals surface area contributed by atoms with E-state index >= 15 is 0 Å². The summed E-state index contributed by atoms with van der Waals surface area (Å²) >= 11 is 0.811. The molecule has 0 N–H and O–H groups in total. The molecule has 1 heterocycles. The first kappa shape index (κ1) is 21.6. The highest BCUT2D eigenvalue weighted by atomic mass is 32.2. The summed E-state index contributed by atoms with van der Waals surface area (Å²) in [6, 6.07) is 2.92. The zero-order chi connectivity index (χ0) is 21.3. The van der Waals surface area contributed by atoms with Gasteiger partial charge in [-0.3, -0.25) is 0 Å². The number of nitriles is 1. The van der Waals surface area contributed by atoms with Crippen LogP contribution in [0.3, 0.4) is 0 Å². The van der Waals surface area contributed by atoms with Gasteiger partial charge in [0.15, 0.2) is 11.6 Å². The molecule has 0 aliphatic carbocycles. The number of hydrogen-bond acceptors (Lipinski definition) is 8. The van der Waals surface area contributed by atoms with Gasteiger partial charge in [-0.25, -0.2) is 14.2 Å². The van der Waals surface area contributed by atoms with E-state index in [0.29, 0.717) is 6.07 Å². The second-order valence-electron chi connectivity index (χ2n) is 5.08. The molecule has 0 unspecified atom stereocenters. The molecule has 0 radical (unpaired) electrons. The quantitative estimate of drug-likeness (QED) is 0.304. The lowest BCUT2D eigenvalue weighted by molar-refractivity contribution is -0.0501. The van der Waals surface area contributed by atoms with Crippen LogP contribution in [0, 0.1) is 24.1 Å². The average molecular weight is 438 g/mol. The Hall–Kier alpha value is -2.72. The molecule has 7 nitrogen and oxygen atoms in total. The third kappa shape index (κ3) is 4.23. The van der Waals surface area contributed by atoms with Crippen molar-refractivity contribution in [2.75, 3.05) is 6.61 Å². The van der Waals surface area contributed by atoms with Gasteiger partial charge in [-0.1, -0.05) is 0 Å². The molecule has 0 aliphatic heterocycles. The van der Waals surface area contributed by atoms with E-state index in [0.717, 1.165) is 17.4 Å². The maximum atomic E-state index is 14.3. The number of nitrogens with zero attached hydrogens (tertiary/aromatic N) is 2. The second-order valence-corrected chi connectivity index (χ2v) is 7.62. The third-order valence-corrected chi connectivity index (χ3v) is 5.28. The second kappa shape index (κ2) is 7.72. The standard InChI is InChI=1S/C15H10F4N2O5S2/c1-3-25-14(22)12-7(2)21-13(27-12)8-4-9(6-20)11(10(16)5-8)26-28(23,24)15(17,18)19/h4-5H,3H2,1-2H3. The first-order valence-electron chi connectivity index (χ1n) is 7.30. The Morgan fingerprint density at radius 3 is 2.54 bits per heavy atom. The van der Waals surface area contributed by atoms with Crippen LogP contribution in [0.1, 0.15) is 27.9 Å². The number of aryl methyl sites for hydroxylation is 1.